The van der Waals surface area contributed by atoms with Crippen LogP contribution >= 0.6 is 0 Å². The van der Waals surface area contributed by atoms with Crippen molar-refractivity contribution < 1.29 is 8.42 Å². The number of nitrogens with one attached hydrogen (secondary N) is 2. The molecule has 1 aromatic heterocycles. The van der Waals surface area contributed by atoms with E-state index in [1.807, 2.05) is 38.4 Å². The van der Waals surface area contributed by atoms with Gasteiger partial charge in [0.15, 0.2) is 5.96 Å². The van der Waals surface area contributed by atoms with Gasteiger partial charge in [-0.2, -0.15) is 0 Å². The van der Waals surface area contributed by atoms with Crippen molar-refractivity contribution in [3.8, 4) is 11.3 Å². The van der Waals surface area contributed by atoms with E-state index in [9.17, 15) is 8.42 Å². The average molecular weight is 433 g/mol. The SMILES string of the molecule is CCNC(=NCC1CCN(S(C)(=O)=O)CC1)N(C)Cc1ncc(-c2ccccc2)[nH]1. The van der Waals surface area contributed by atoms with Crippen LogP contribution in [0.2, 0.25) is 0 Å². The summed E-state index contributed by atoms with van der Waals surface area (Å²) >= 11 is 0. The van der Waals surface area contributed by atoms with Crippen LogP contribution in [0.4, 0.5) is 0 Å². The fourth-order valence-corrected chi connectivity index (χ4v) is 4.49. The summed E-state index contributed by atoms with van der Waals surface area (Å²) < 4.78 is 24.9. The highest BCUT2D eigenvalue weighted by Gasteiger charge is 2.24. The standard InChI is InChI=1S/C21H32N6O2S/c1-4-22-21(24-14-17-10-12-27(13-11-17)30(3,28)29)26(2)16-20-23-15-19(25-20)18-8-6-5-7-9-18/h5-9,15,17H,4,10-14,16H2,1-3H3,(H,22,24)(H,23,25). The van der Waals surface area contributed by atoms with Gasteiger partial charge in [-0.15, -0.1) is 0 Å². The van der Waals surface area contributed by atoms with Crippen LogP contribution in [0.3, 0.4) is 0 Å². The molecule has 0 spiro atoms. The van der Waals surface area contributed by atoms with Crippen LogP contribution in [0.1, 0.15) is 25.6 Å². The van der Waals surface area contributed by atoms with Crippen LogP contribution in [0, 0.1) is 5.92 Å². The summed E-state index contributed by atoms with van der Waals surface area (Å²) in [5.74, 6) is 2.11. The van der Waals surface area contributed by atoms with E-state index in [-0.39, 0.29) is 0 Å². The number of imidazole rings is 1. The number of aromatic amines is 1. The second-order valence-electron chi connectivity index (χ2n) is 7.77. The fourth-order valence-electron chi connectivity index (χ4n) is 3.62. The Morgan fingerprint density at radius 1 is 1.30 bits per heavy atom. The summed E-state index contributed by atoms with van der Waals surface area (Å²) in [5, 5.41) is 3.34. The lowest BCUT2D eigenvalue weighted by molar-refractivity contribution is 0.279. The first kappa shape index (κ1) is 22.3. The molecule has 8 nitrogen and oxygen atoms in total. The first-order chi connectivity index (χ1) is 14.4. The maximum Gasteiger partial charge on any atom is 0.211 e. The molecule has 9 heteroatoms. The predicted molar refractivity (Wildman–Crippen MR) is 121 cm³/mol. The molecule has 2 heterocycles. The summed E-state index contributed by atoms with van der Waals surface area (Å²) in [4.78, 5) is 14.8. The lowest BCUT2D eigenvalue weighted by atomic mass is 9.98. The van der Waals surface area contributed by atoms with Crippen LogP contribution in [0.25, 0.3) is 11.3 Å². The van der Waals surface area contributed by atoms with Crippen molar-refractivity contribution in [2.75, 3.05) is 39.5 Å². The van der Waals surface area contributed by atoms with E-state index < -0.39 is 10.0 Å². The molecule has 164 valence electrons. The highest BCUT2D eigenvalue weighted by molar-refractivity contribution is 7.88. The Bertz CT molecular complexity index is 933. The van der Waals surface area contributed by atoms with E-state index in [0.717, 1.165) is 42.4 Å². The van der Waals surface area contributed by atoms with Crippen LogP contribution in [-0.2, 0) is 16.6 Å². The molecule has 2 N–H and O–H groups in total. The summed E-state index contributed by atoms with van der Waals surface area (Å²) in [6.45, 7) is 5.31. The second kappa shape index (κ2) is 10.1. The quantitative estimate of drug-likeness (QED) is 0.516. The number of sulfonamides is 1. The monoisotopic (exact) mass is 432 g/mol. The summed E-state index contributed by atoms with van der Waals surface area (Å²) in [7, 11) is -1.09. The van der Waals surface area contributed by atoms with Gasteiger partial charge >= 0.3 is 0 Å². The van der Waals surface area contributed by atoms with Crippen molar-refractivity contribution in [1.29, 1.82) is 0 Å². The van der Waals surface area contributed by atoms with Gasteiger partial charge in [0.05, 0.1) is 24.7 Å². The molecule has 1 aliphatic heterocycles. The number of piperidine rings is 1. The number of aliphatic imine (C=N–C) groups is 1. The first-order valence-electron chi connectivity index (χ1n) is 10.4. The van der Waals surface area contributed by atoms with E-state index in [2.05, 4.69) is 32.3 Å². The molecule has 1 fully saturated rings. The van der Waals surface area contributed by atoms with Gasteiger partial charge in [0.25, 0.3) is 0 Å². The zero-order valence-corrected chi connectivity index (χ0v) is 18.8. The molecule has 0 atom stereocenters. The molecule has 0 unspecified atom stereocenters. The Morgan fingerprint density at radius 2 is 2.00 bits per heavy atom. The van der Waals surface area contributed by atoms with Crippen molar-refractivity contribution in [2.24, 2.45) is 10.9 Å². The van der Waals surface area contributed by atoms with Crippen LogP contribution in [-0.4, -0.2) is 73.0 Å². The Morgan fingerprint density at radius 3 is 2.63 bits per heavy atom. The van der Waals surface area contributed by atoms with Gasteiger partial charge in [-0.05, 0) is 31.2 Å². The maximum atomic E-state index is 11.7. The number of guanidine groups is 1. The summed E-state index contributed by atoms with van der Waals surface area (Å²) in [6, 6.07) is 10.1. The van der Waals surface area contributed by atoms with Gasteiger partial charge in [-0.1, -0.05) is 30.3 Å². The van der Waals surface area contributed by atoms with Gasteiger partial charge in [-0.25, -0.2) is 17.7 Å². The topological polar surface area (TPSA) is 93.7 Å². The zero-order valence-electron chi connectivity index (χ0n) is 18.0. The van der Waals surface area contributed by atoms with E-state index in [0.29, 0.717) is 32.1 Å². The van der Waals surface area contributed by atoms with Crippen LogP contribution in [0.5, 0.6) is 0 Å². The third-order valence-electron chi connectivity index (χ3n) is 5.34. The number of nitrogens with zero attached hydrogens (tertiary/aromatic N) is 4. The number of H-pyrrole nitrogens is 1. The van der Waals surface area contributed by atoms with Crippen LogP contribution in [0.15, 0.2) is 41.5 Å². The van der Waals surface area contributed by atoms with Gasteiger partial charge in [-0.3, -0.25) is 4.99 Å². The Hall–Kier alpha value is -2.39. The predicted octanol–water partition coefficient (Wildman–Crippen LogP) is 2.15. The molecule has 1 aliphatic rings. The maximum absolute atomic E-state index is 11.7. The van der Waals surface area contributed by atoms with E-state index >= 15 is 0 Å². The first-order valence-corrected chi connectivity index (χ1v) is 12.3. The van der Waals surface area contributed by atoms with E-state index in [1.165, 1.54) is 6.26 Å². The number of rotatable bonds is 7. The van der Waals surface area contributed by atoms with Gasteiger partial charge in [0.1, 0.15) is 5.82 Å². The Labute approximate surface area is 179 Å². The van der Waals surface area contributed by atoms with E-state index in [4.69, 9.17) is 4.99 Å². The molecule has 0 amide bonds. The van der Waals surface area contributed by atoms with Crippen molar-refractivity contribution >= 4 is 16.0 Å². The zero-order chi connectivity index (χ0) is 21.6. The Balaban J connectivity index is 1.58. The Kier molecular flexibility index (Phi) is 7.49. The molecule has 0 saturated carbocycles. The second-order valence-corrected chi connectivity index (χ2v) is 9.75. The normalized spacial score (nSPS) is 16.6. The van der Waals surface area contributed by atoms with Gasteiger partial charge < -0.3 is 15.2 Å². The third kappa shape index (κ3) is 6.06. The molecule has 30 heavy (non-hydrogen) atoms. The highest BCUT2D eigenvalue weighted by atomic mass is 32.2. The lowest BCUT2D eigenvalue weighted by Gasteiger charge is -2.29. The molecule has 0 aliphatic carbocycles. The van der Waals surface area contributed by atoms with Crippen molar-refractivity contribution in [2.45, 2.75) is 26.3 Å². The molecule has 3 rings (SSSR count). The largest absolute Gasteiger partial charge is 0.357 e. The fraction of sp³-hybridized carbons (Fsp3) is 0.524. The van der Waals surface area contributed by atoms with E-state index in [1.54, 1.807) is 4.31 Å². The summed E-state index contributed by atoms with van der Waals surface area (Å²) in [6.07, 6.45) is 4.83. The lowest BCUT2D eigenvalue weighted by Crippen LogP contribution is -2.40. The molecular weight excluding hydrogens is 400 g/mol. The minimum atomic E-state index is -3.09. The number of hydrogen-bond acceptors (Lipinski definition) is 4. The molecule has 0 radical (unpaired) electrons. The summed E-state index contributed by atoms with van der Waals surface area (Å²) in [5.41, 5.74) is 2.11. The smallest absolute Gasteiger partial charge is 0.211 e. The molecule has 0 bridgehead atoms. The van der Waals surface area contributed by atoms with Crippen LogP contribution < -0.4 is 5.32 Å². The average Bonchev–Trinajstić information content (AvgIpc) is 3.20. The van der Waals surface area contributed by atoms with Gasteiger partial charge in [0.2, 0.25) is 10.0 Å². The minimum absolute atomic E-state index is 0.401. The third-order valence-corrected chi connectivity index (χ3v) is 6.64. The van der Waals surface area contributed by atoms with Crippen molar-refractivity contribution in [3.05, 3.63) is 42.4 Å². The van der Waals surface area contributed by atoms with Gasteiger partial charge in [0, 0.05) is 33.2 Å². The molecule has 1 saturated heterocycles. The van der Waals surface area contributed by atoms with Crippen molar-refractivity contribution in [1.82, 2.24) is 24.5 Å². The number of aromatic nitrogens is 2. The molecular formula is C21H32N6O2S. The number of hydrogen-bond donors (Lipinski definition) is 2. The molecule has 2 aromatic rings. The molecule has 1 aromatic carbocycles. The highest BCUT2D eigenvalue weighted by Crippen LogP contribution is 2.20. The van der Waals surface area contributed by atoms with Crippen molar-refractivity contribution in [3.63, 3.8) is 0 Å². The minimum Gasteiger partial charge on any atom is -0.357 e. The number of benzene rings is 1.